The third kappa shape index (κ3) is 7.36. The molecule has 41 heavy (non-hydrogen) atoms. The van der Waals surface area contributed by atoms with E-state index >= 15 is 0 Å². The van der Waals surface area contributed by atoms with Crippen LogP contribution in [0.25, 0.3) is 10.6 Å². The van der Waals surface area contributed by atoms with Gasteiger partial charge in [0.2, 0.25) is 6.79 Å². The third-order valence-corrected chi connectivity index (χ3v) is 7.52. The van der Waals surface area contributed by atoms with E-state index in [4.69, 9.17) is 34.4 Å². The van der Waals surface area contributed by atoms with Gasteiger partial charge in [0.25, 0.3) is 0 Å². The maximum atomic E-state index is 10.3. The van der Waals surface area contributed by atoms with Crippen LogP contribution in [0.2, 0.25) is 0 Å². The molecule has 0 aliphatic carbocycles. The van der Waals surface area contributed by atoms with Crippen molar-refractivity contribution < 1.29 is 48.8 Å². The predicted molar refractivity (Wildman–Crippen MR) is 142 cm³/mol. The van der Waals surface area contributed by atoms with Gasteiger partial charge in [-0.15, -0.1) is 5.10 Å². The number of benzene rings is 1. The molecular weight excluding hydrogens is 560 g/mol. The molecule has 0 bridgehead atoms. The van der Waals surface area contributed by atoms with Crippen molar-refractivity contribution in [1.29, 1.82) is 0 Å². The number of carboxylic acids is 3. The fourth-order valence-electron chi connectivity index (χ4n) is 4.74. The Kier molecular flexibility index (Phi) is 9.20. The van der Waals surface area contributed by atoms with E-state index < -0.39 is 36.4 Å². The standard InChI is InChI=1S/C20H22N4O3S.C6H8O7/c1-12-6-16-17(26-11-25-16)8-15(12)10-24-5-3-4-14(9-24)19-20(28-23-21-19)18-7-13(2)22-27-18;7-3(8)1-6(13,5(11)12)2-4(9)10/h6-8,14H,3-5,9-11H2,1-2H3;13H,1-2H2,(H,7,8)(H,9,10)(H,11,12). The van der Waals surface area contributed by atoms with E-state index in [0.717, 1.165) is 66.0 Å². The van der Waals surface area contributed by atoms with Gasteiger partial charge in [-0.3, -0.25) is 14.5 Å². The molecular formula is C26H30N4O10S. The molecule has 1 atom stereocenters. The first-order valence-corrected chi connectivity index (χ1v) is 13.5. The minimum absolute atomic E-state index is 0.310. The number of rotatable bonds is 9. The topological polar surface area (TPSA) is 206 Å². The molecule has 4 heterocycles. The zero-order valence-corrected chi connectivity index (χ0v) is 23.2. The zero-order chi connectivity index (χ0) is 29.7. The number of fused-ring (bicyclic) bond motifs is 1. The molecule has 0 radical (unpaired) electrons. The number of nitrogens with zero attached hydrogens (tertiary/aromatic N) is 4. The van der Waals surface area contributed by atoms with Crippen molar-refractivity contribution in [2.24, 2.45) is 0 Å². The highest BCUT2D eigenvalue weighted by atomic mass is 32.1. The van der Waals surface area contributed by atoms with E-state index in [9.17, 15) is 14.4 Å². The zero-order valence-electron chi connectivity index (χ0n) is 22.4. The highest BCUT2D eigenvalue weighted by Gasteiger charge is 2.40. The number of aliphatic hydroxyl groups is 1. The van der Waals surface area contributed by atoms with Crippen LogP contribution in [0.5, 0.6) is 11.5 Å². The molecule has 2 aliphatic rings. The Morgan fingerprint density at radius 2 is 1.76 bits per heavy atom. The first-order valence-electron chi connectivity index (χ1n) is 12.7. The number of hydrogen-bond acceptors (Lipinski definition) is 12. The summed E-state index contributed by atoms with van der Waals surface area (Å²) < 4.78 is 20.7. The fraction of sp³-hybridized carbons (Fsp3) is 0.462. The molecule has 0 spiro atoms. The molecule has 0 amide bonds. The van der Waals surface area contributed by atoms with Gasteiger partial charge in [-0.05, 0) is 68.0 Å². The highest BCUT2D eigenvalue weighted by Crippen LogP contribution is 2.38. The smallest absolute Gasteiger partial charge is 0.336 e. The van der Waals surface area contributed by atoms with Crippen molar-refractivity contribution in [2.75, 3.05) is 19.9 Å². The van der Waals surface area contributed by atoms with E-state index in [1.54, 1.807) is 0 Å². The molecule has 3 aromatic rings. The Labute approximate surface area is 238 Å². The molecule has 1 saturated heterocycles. The number of aryl methyl sites for hydroxylation is 2. The minimum atomic E-state index is -2.74. The van der Waals surface area contributed by atoms with Crippen LogP contribution in [0.1, 0.15) is 54.1 Å². The molecule has 15 heteroatoms. The lowest BCUT2D eigenvalue weighted by Crippen LogP contribution is -2.42. The van der Waals surface area contributed by atoms with E-state index in [-0.39, 0.29) is 0 Å². The summed E-state index contributed by atoms with van der Waals surface area (Å²) in [5.41, 5.74) is 1.69. The Hall–Kier alpha value is -4.08. The van der Waals surface area contributed by atoms with E-state index in [0.29, 0.717) is 12.7 Å². The molecule has 220 valence electrons. The number of carbonyl (C=O) groups is 3. The Bertz CT molecular complexity index is 1400. The average Bonchev–Trinajstić information content (AvgIpc) is 3.64. The SMILES string of the molecule is Cc1cc(-c2snnc2C2CCCN(Cc3cc4c(cc3C)OCO4)C2)on1.O=C(O)CC(O)(CC(=O)O)C(=O)O. The monoisotopic (exact) mass is 590 g/mol. The molecule has 14 nitrogen and oxygen atoms in total. The van der Waals surface area contributed by atoms with Crippen LogP contribution in [0.4, 0.5) is 0 Å². The van der Waals surface area contributed by atoms with Crippen LogP contribution >= 0.6 is 11.5 Å². The number of piperidine rings is 1. The summed E-state index contributed by atoms with van der Waals surface area (Å²) in [6.45, 7) is 7.31. The normalized spacial score (nSPS) is 16.6. The maximum absolute atomic E-state index is 10.3. The second-order valence-corrected chi connectivity index (χ2v) is 10.8. The second-order valence-electron chi connectivity index (χ2n) is 10.0. The average molecular weight is 591 g/mol. The largest absolute Gasteiger partial charge is 0.481 e. The molecule has 2 aliphatic heterocycles. The van der Waals surface area contributed by atoms with E-state index in [1.807, 2.05) is 13.0 Å². The minimum Gasteiger partial charge on any atom is -0.481 e. The second kappa shape index (κ2) is 12.6. The fourth-order valence-corrected chi connectivity index (χ4v) is 5.44. The third-order valence-electron chi connectivity index (χ3n) is 6.77. The quantitative estimate of drug-likeness (QED) is 0.283. The summed E-state index contributed by atoms with van der Waals surface area (Å²) in [6, 6.07) is 6.15. The lowest BCUT2D eigenvalue weighted by atomic mass is 9.93. The Morgan fingerprint density at radius 1 is 1.07 bits per heavy atom. The van der Waals surface area contributed by atoms with Crippen molar-refractivity contribution in [1.82, 2.24) is 19.6 Å². The van der Waals surface area contributed by atoms with Crippen molar-refractivity contribution in [2.45, 2.75) is 57.6 Å². The summed E-state index contributed by atoms with van der Waals surface area (Å²) in [7, 11) is 0. The number of ether oxygens (including phenoxy) is 2. The van der Waals surface area contributed by atoms with Gasteiger partial charge < -0.3 is 34.4 Å². The summed E-state index contributed by atoms with van der Waals surface area (Å²) in [5.74, 6) is -2.21. The number of likely N-dealkylation sites (tertiary alicyclic amines) is 1. The summed E-state index contributed by atoms with van der Waals surface area (Å²) in [6.07, 6.45) is -0.0356. The number of aliphatic carboxylic acids is 3. The molecule has 5 rings (SSSR count). The van der Waals surface area contributed by atoms with Crippen molar-refractivity contribution in [3.05, 3.63) is 40.7 Å². The summed E-state index contributed by atoms with van der Waals surface area (Å²) in [5, 5.41) is 42.3. The van der Waals surface area contributed by atoms with Crippen molar-refractivity contribution >= 4 is 29.4 Å². The Balaban J connectivity index is 0.000000254. The lowest BCUT2D eigenvalue weighted by molar-refractivity contribution is -0.170. The Morgan fingerprint density at radius 3 is 2.37 bits per heavy atom. The predicted octanol–water partition coefficient (Wildman–Crippen LogP) is 2.67. The van der Waals surface area contributed by atoms with Crippen LogP contribution in [0, 0.1) is 13.8 Å². The van der Waals surface area contributed by atoms with Crippen LogP contribution in [-0.4, -0.2) is 83.5 Å². The number of carboxylic acid groups (broad SMARTS) is 3. The molecule has 1 fully saturated rings. The van der Waals surface area contributed by atoms with Gasteiger partial charge >= 0.3 is 17.9 Å². The number of hydrogen-bond donors (Lipinski definition) is 4. The van der Waals surface area contributed by atoms with Gasteiger partial charge in [-0.25, -0.2) is 4.79 Å². The van der Waals surface area contributed by atoms with Crippen molar-refractivity contribution in [3.63, 3.8) is 0 Å². The molecule has 0 saturated carbocycles. The first-order chi connectivity index (χ1) is 19.4. The number of aromatic nitrogens is 3. The molecule has 4 N–H and O–H groups in total. The van der Waals surface area contributed by atoms with E-state index in [1.165, 1.54) is 22.7 Å². The molecule has 1 unspecified atom stereocenters. The van der Waals surface area contributed by atoms with Crippen LogP contribution < -0.4 is 9.47 Å². The van der Waals surface area contributed by atoms with Gasteiger partial charge in [-0.2, -0.15) is 0 Å². The van der Waals surface area contributed by atoms with Gasteiger partial charge in [0, 0.05) is 25.1 Å². The van der Waals surface area contributed by atoms with Crippen LogP contribution in [0.15, 0.2) is 22.7 Å². The van der Waals surface area contributed by atoms with Crippen molar-refractivity contribution in [3.8, 4) is 22.1 Å². The van der Waals surface area contributed by atoms with Gasteiger partial charge in [0.1, 0.15) is 4.88 Å². The van der Waals surface area contributed by atoms with Gasteiger partial charge in [-0.1, -0.05) is 9.64 Å². The van der Waals surface area contributed by atoms with Gasteiger partial charge in [0.15, 0.2) is 22.9 Å². The highest BCUT2D eigenvalue weighted by molar-refractivity contribution is 7.09. The lowest BCUT2D eigenvalue weighted by Gasteiger charge is -2.32. The van der Waals surface area contributed by atoms with Gasteiger partial charge in [0.05, 0.1) is 24.2 Å². The van der Waals surface area contributed by atoms with Crippen LogP contribution in [0.3, 0.4) is 0 Å². The summed E-state index contributed by atoms with van der Waals surface area (Å²) >= 11 is 1.39. The summed E-state index contributed by atoms with van der Waals surface area (Å²) in [4.78, 5) is 34.0. The first kappa shape index (κ1) is 29.9. The maximum Gasteiger partial charge on any atom is 0.336 e. The van der Waals surface area contributed by atoms with E-state index in [2.05, 4.69) is 38.7 Å². The van der Waals surface area contributed by atoms with Crippen LogP contribution in [-0.2, 0) is 20.9 Å². The molecule has 1 aromatic carbocycles. The molecule has 2 aromatic heterocycles.